The monoisotopic (exact) mass is 575 g/mol. The molecule has 3 rings (SSSR count). The molecule has 1 heterocycles. The van der Waals surface area contributed by atoms with E-state index in [0.717, 1.165) is 4.57 Å². The number of benzene rings is 2. The number of rotatable bonds is 8. The number of hydrogen-bond acceptors (Lipinski definition) is 7. The fourth-order valence-electron chi connectivity index (χ4n) is 3.42. The predicted molar refractivity (Wildman–Crippen MR) is 145 cm³/mol. The average Bonchev–Trinajstić information content (AvgIpc) is 2.86. The third kappa shape index (κ3) is 7.36. The average molecular weight is 576 g/mol. The molecule has 3 aromatic rings. The molecular weight excluding hydrogens is 549 g/mol. The van der Waals surface area contributed by atoms with Crippen LogP contribution in [0.15, 0.2) is 64.3 Å². The Hall–Kier alpha value is -3.89. The lowest BCUT2D eigenvalue weighted by Gasteiger charge is -2.20. The number of nitrogens with zero attached hydrogens (tertiary/aromatic N) is 2. The van der Waals surface area contributed by atoms with Crippen LogP contribution in [0.1, 0.15) is 36.7 Å². The Kier molecular flexibility index (Phi) is 9.36. The van der Waals surface area contributed by atoms with Gasteiger partial charge in [-0.1, -0.05) is 41.4 Å². The summed E-state index contributed by atoms with van der Waals surface area (Å²) in [5.41, 5.74) is -0.952. The Morgan fingerprint density at radius 2 is 1.56 bits per heavy atom. The molecule has 1 amide bonds. The van der Waals surface area contributed by atoms with Gasteiger partial charge < -0.3 is 19.4 Å². The third-order valence-electron chi connectivity index (χ3n) is 5.57. The maximum absolute atomic E-state index is 13.0. The summed E-state index contributed by atoms with van der Waals surface area (Å²) in [5.74, 6) is -2.16. The van der Waals surface area contributed by atoms with Crippen LogP contribution in [0.3, 0.4) is 0 Å². The molecule has 206 valence electrons. The number of ether oxygens (including phenoxy) is 2. The van der Waals surface area contributed by atoms with Crippen LogP contribution in [0.5, 0.6) is 0 Å². The topological polar surface area (TPSA) is 126 Å². The van der Waals surface area contributed by atoms with Crippen LogP contribution >= 0.6 is 23.2 Å². The number of carbonyl (C=O) groups is 3. The van der Waals surface area contributed by atoms with E-state index in [-0.39, 0.29) is 22.0 Å². The van der Waals surface area contributed by atoms with Gasteiger partial charge in [0.2, 0.25) is 6.79 Å². The standard InChI is InChI=1S/C27H27Cl2N3O7/c1-27(2,3)25(36)39-15-38-24(35)20(30-23(34)22-18(28)6-5-7-19(22)29)14-16-8-10-17(11-9-16)32-21(33)12-13-31(4)26(32)37/h5-13,20H,14-15H2,1-4H3,(H,30,34)/t20-/m0/s1. The van der Waals surface area contributed by atoms with E-state index in [0.29, 0.717) is 11.3 Å². The first kappa shape index (κ1) is 29.7. The summed E-state index contributed by atoms with van der Waals surface area (Å²) < 4.78 is 12.4. The summed E-state index contributed by atoms with van der Waals surface area (Å²) in [5, 5.41) is 2.75. The Morgan fingerprint density at radius 1 is 0.949 bits per heavy atom. The fraction of sp³-hybridized carbons (Fsp3) is 0.296. The molecule has 0 unspecified atom stereocenters. The number of amides is 1. The van der Waals surface area contributed by atoms with Crippen molar-refractivity contribution in [1.82, 2.24) is 14.5 Å². The molecule has 0 saturated carbocycles. The van der Waals surface area contributed by atoms with Gasteiger partial charge in [0.25, 0.3) is 11.5 Å². The van der Waals surface area contributed by atoms with Gasteiger partial charge in [0.1, 0.15) is 6.04 Å². The normalized spacial score (nSPS) is 11.9. The zero-order valence-corrected chi connectivity index (χ0v) is 23.2. The summed E-state index contributed by atoms with van der Waals surface area (Å²) in [7, 11) is 1.52. The molecule has 2 aromatic carbocycles. The maximum atomic E-state index is 13.0. The highest BCUT2D eigenvalue weighted by Gasteiger charge is 2.27. The van der Waals surface area contributed by atoms with Crippen molar-refractivity contribution in [2.75, 3.05) is 6.79 Å². The summed E-state index contributed by atoms with van der Waals surface area (Å²) in [6, 6.07) is 10.9. The minimum atomic E-state index is -1.23. The Bertz CT molecular complexity index is 1490. The van der Waals surface area contributed by atoms with Crippen molar-refractivity contribution < 1.29 is 23.9 Å². The second-order valence-corrected chi connectivity index (χ2v) is 10.5. The minimum absolute atomic E-state index is 0.0209. The first-order chi connectivity index (χ1) is 18.3. The van der Waals surface area contributed by atoms with Crippen LogP contribution in [0.4, 0.5) is 0 Å². The van der Waals surface area contributed by atoms with E-state index in [9.17, 15) is 24.0 Å². The lowest BCUT2D eigenvalue weighted by Crippen LogP contribution is -2.44. The van der Waals surface area contributed by atoms with E-state index in [1.54, 1.807) is 51.1 Å². The van der Waals surface area contributed by atoms with Crippen LogP contribution in [-0.2, 0) is 32.5 Å². The Morgan fingerprint density at radius 3 is 2.15 bits per heavy atom. The van der Waals surface area contributed by atoms with Crippen LogP contribution in [0, 0.1) is 5.41 Å². The largest absolute Gasteiger partial charge is 0.427 e. The third-order valence-corrected chi connectivity index (χ3v) is 6.20. The minimum Gasteiger partial charge on any atom is -0.427 e. The molecule has 0 spiro atoms. The van der Waals surface area contributed by atoms with Crippen LogP contribution in [0.25, 0.3) is 5.69 Å². The molecule has 39 heavy (non-hydrogen) atoms. The lowest BCUT2D eigenvalue weighted by atomic mass is 9.98. The van der Waals surface area contributed by atoms with Gasteiger partial charge in [0.15, 0.2) is 0 Å². The molecular formula is C27H27Cl2N3O7. The van der Waals surface area contributed by atoms with E-state index in [2.05, 4.69) is 5.32 Å². The summed E-state index contributed by atoms with van der Waals surface area (Å²) in [4.78, 5) is 62.6. The highest BCUT2D eigenvalue weighted by Crippen LogP contribution is 2.24. The molecule has 1 aromatic heterocycles. The number of esters is 2. The van der Waals surface area contributed by atoms with Crippen molar-refractivity contribution in [3.05, 3.63) is 96.7 Å². The molecule has 1 N–H and O–H groups in total. The molecule has 0 aliphatic rings. The van der Waals surface area contributed by atoms with Gasteiger partial charge in [-0.05, 0) is 50.6 Å². The van der Waals surface area contributed by atoms with Gasteiger partial charge in [0.05, 0.1) is 26.7 Å². The van der Waals surface area contributed by atoms with E-state index >= 15 is 0 Å². The molecule has 0 fully saturated rings. The quantitative estimate of drug-likeness (QED) is 0.322. The van der Waals surface area contributed by atoms with Crippen molar-refractivity contribution in [1.29, 1.82) is 0 Å². The predicted octanol–water partition coefficient (Wildman–Crippen LogP) is 3.27. The number of aromatic nitrogens is 2. The van der Waals surface area contributed by atoms with Crippen LogP contribution in [0.2, 0.25) is 10.0 Å². The molecule has 0 aliphatic heterocycles. The van der Waals surface area contributed by atoms with Crippen molar-refractivity contribution in [2.45, 2.75) is 33.2 Å². The smallest absolute Gasteiger partial charge is 0.335 e. The van der Waals surface area contributed by atoms with E-state index < -0.39 is 47.3 Å². The van der Waals surface area contributed by atoms with E-state index in [1.165, 1.54) is 36.0 Å². The van der Waals surface area contributed by atoms with Crippen LogP contribution < -0.4 is 16.6 Å². The molecule has 1 atom stereocenters. The zero-order valence-electron chi connectivity index (χ0n) is 21.7. The second-order valence-electron chi connectivity index (χ2n) is 9.64. The van der Waals surface area contributed by atoms with Crippen molar-refractivity contribution in [3.63, 3.8) is 0 Å². The Balaban J connectivity index is 1.84. The SMILES string of the molecule is Cn1ccc(=O)n(-c2ccc(C[C@H](NC(=O)c3c(Cl)cccc3Cl)C(=O)OCOC(=O)C(C)(C)C)cc2)c1=O. The summed E-state index contributed by atoms with van der Waals surface area (Å²) >= 11 is 12.3. The van der Waals surface area contributed by atoms with Crippen molar-refractivity contribution >= 4 is 41.0 Å². The lowest BCUT2D eigenvalue weighted by molar-refractivity contribution is -0.174. The molecule has 12 heteroatoms. The number of hydrogen-bond donors (Lipinski definition) is 1. The number of aryl methyl sites for hydroxylation is 1. The molecule has 10 nitrogen and oxygen atoms in total. The molecule has 0 bridgehead atoms. The van der Waals surface area contributed by atoms with Crippen molar-refractivity contribution in [2.24, 2.45) is 12.5 Å². The van der Waals surface area contributed by atoms with Gasteiger partial charge >= 0.3 is 17.6 Å². The zero-order chi connectivity index (χ0) is 28.9. The van der Waals surface area contributed by atoms with E-state index in [4.69, 9.17) is 32.7 Å². The highest BCUT2D eigenvalue weighted by molar-refractivity contribution is 6.39. The van der Waals surface area contributed by atoms with E-state index in [1.807, 2.05) is 0 Å². The van der Waals surface area contributed by atoms with Gasteiger partial charge in [-0.15, -0.1) is 0 Å². The summed E-state index contributed by atoms with van der Waals surface area (Å²) in [6.07, 6.45) is 1.33. The number of halogens is 2. The first-order valence-corrected chi connectivity index (χ1v) is 12.5. The Labute approximate surface area is 234 Å². The van der Waals surface area contributed by atoms with Gasteiger partial charge in [-0.3, -0.25) is 14.4 Å². The van der Waals surface area contributed by atoms with Gasteiger partial charge in [-0.25, -0.2) is 14.2 Å². The van der Waals surface area contributed by atoms with Crippen molar-refractivity contribution in [3.8, 4) is 5.69 Å². The molecule has 0 radical (unpaired) electrons. The number of nitrogens with one attached hydrogen (secondary N) is 1. The van der Waals surface area contributed by atoms with Crippen LogP contribution in [-0.4, -0.2) is 39.8 Å². The number of carbonyl (C=O) groups excluding carboxylic acids is 3. The summed E-state index contributed by atoms with van der Waals surface area (Å²) in [6.45, 7) is 4.30. The maximum Gasteiger partial charge on any atom is 0.335 e. The molecule has 0 aliphatic carbocycles. The van der Waals surface area contributed by atoms with Gasteiger partial charge in [0, 0.05) is 25.7 Å². The fourth-order valence-corrected chi connectivity index (χ4v) is 3.99. The molecule has 0 saturated heterocycles. The highest BCUT2D eigenvalue weighted by atomic mass is 35.5. The first-order valence-electron chi connectivity index (χ1n) is 11.8. The van der Waals surface area contributed by atoms with Gasteiger partial charge in [-0.2, -0.15) is 0 Å². The second kappa shape index (κ2) is 12.3.